The van der Waals surface area contributed by atoms with Gasteiger partial charge in [-0.2, -0.15) is 0 Å². The van der Waals surface area contributed by atoms with Crippen LogP contribution in [0.15, 0.2) is 24.3 Å². The Morgan fingerprint density at radius 1 is 1.24 bits per heavy atom. The minimum absolute atomic E-state index is 0.160. The van der Waals surface area contributed by atoms with Crippen LogP contribution in [0.1, 0.15) is 24.8 Å². The van der Waals surface area contributed by atoms with Crippen LogP contribution in [0.4, 0.5) is 4.39 Å². The maximum Gasteiger partial charge on any atom is 0.138 e. The van der Waals surface area contributed by atoms with Crippen molar-refractivity contribution in [3.8, 4) is 5.75 Å². The van der Waals surface area contributed by atoms with Gasteiger partial charge < -0.3 is 9.22 Å². The second-order valence-corrected chi connectivity index (χ2v) is 7.50. The number of hydrogen-bond acceptors (Lipinski definition) is 2. The molecule has 2 aliphatic rings. The maximum absolute atomic E-state index is 12.9. The van der Waals surface area contributed by atoms with Crippen molar-refractivity contribution < 1.29 is 13.6 Å². The second kappa shape index (κ2) is 6.57. The second-order valence-electron chi connectivity index (χ2n) is 6.27. The van der Waals surface area contributed by atoms with Crippen LogP contribution in [-0.4, -0.2) is 49.2 Å². The zero-order valence-electron chi connectivity index (χ0n) is 12.8. The molecule has 0 saturated carbocycles. The SMILES string of the molecule is COc1ccc(CSC2CC[N+]3(CCF)CCC[C@@H]23)cc1. The zero-order chi connectivity index (χ0) is 14.7. The topological polar surface area (TPSA) is 9.23 Å². The first-order valence-electron chi connectivity index (χ1n) is 7.94. The molecule has 3 atom stereocenters. The van der Waals surface area contributed by atoms with Crippen molar-refractivity contribution in [3.05, 3.63) is 29.8 Å². The summed E-state index contributed by atoms with van der Waals surface area (Å²) in [6, 6.07) is 9.06. The molecule has 2 nitrogen and oxygen atoms in total. The van der Waals surface area contributed by atoms with Crippen LogP contribution in [0.3, 0.4) is 0 Å². The molecular weight excluding hydrogens is 285 g/mol. The van der Waals surface area contributed by atoms with Crippen molar-refractivity contribution in [2.45, 2.75) is 36.3 Å². The van der Waals surface area contributed by atoms with Gasteiger partial charge in [0.15, 0.2) is 0 Å². The number of quaternary nitrogens is 1. The molecule has 0 aromatic heterocycles. The summed E-state index contributed by atoms with van der Waals surface area (Å²) in [4.78, 5) is 0. The third-order valence-corrected chi connectivity index (χ3v) is 6.73. The first-order chi connectivity index (χ1) is 10.3. The molecule has 116 valence electrons. The summed E-state index contributed by atoms with van der Waals surface area (Å²) < 4.78 is 19.2. The van der Waals surface area contributed by atoms with Crippen LogP contribution in [0.5, 0.6) is 5.75 Å². The Labute approximate surface area is 131 Å². The molecule has 2 unspecified atom stereocenters. The van der Waals surface area contributed by atoms with Gasteiger partial charge in [0.25, 0.3) is 0 Å². The summed E-state index contributed by atoms with van der Waals surface area (Å²) >= 11 is 2.07. The molecule has 0 aliphatic carbocycles. The summed E-state index contributed by atoms with van der Waals surface area (Å²) in [5.74, 6) is 1.97. The molecular formula is C17H25FNOS+. The molecule has 2 heterocycles. The van der Waals surface area contributed by atoms with Crippen molar-refractivity contribution >= 4 is 11.8 Å². The highest BCUT2D eigenvalue weighted by atomic mass is 32.2. The molecule has 2 fully saturated rings. The number of fused-ring (bicyclic) bond motifs is 1. The van der Waals surface area contributed by atoms with Gasteiger partial charge in [-0.15, -0.1) is 11.8 Å². The number of methoxy groups -OCH3 is 1. The smallest absolute Gasteiger partial charge is 0.138 e. The zero-order valence-corrected chi connectivity index (χ0v) is 13.6. The van der Waals surface area contributed by atoms with E-state index in [9.17, 15) is 4.39 Å². The van der Waals surface area contributed by atoms with Crippen molar-refractivity contribution in [3.63, 3.8) is 0 Å². The van der Waals surface area contributed by atoms with E-state index in [0.717, 1.165) is 22.5 Å². The van der Waals surface area contributed by atoms with Gasteiger partial charge in [-0.05, 0) is 17.7 Å². The molecule has 0 N–H and O–H groups in total. The van der Waals surface area contributed by atoms with Crippen molar-refractivity contribution in [1.29, 1.82) is 0 Å². The summed E-state index contributed by atoms with van der Waals surface area (Å²) in [5.41, 5.74) is 1.36. The maximum atomic E-state index is 12.9. The van der Waals surface area contributed by atoms with E-state index in [2.05, 4.69) is 23.9 Å². The van der Waals surface area contributed by atoms with Gasteiger partial charge in [0.05, 0.1) is 25.4 Å². The highest BCUT2D eigenvalue weighted by Gasteiger charge is 2.50. The van der Waals surface area contributed by atoms with Crippen molar-refractivity contribution in [2.24, 2.45) is 0 Å². The average Bonchev–Trinajstić information content (AvgIpc) is 3.05. The molecule has 2 saturated heterocycles. The Morgan fingerprint density at radius 2 is 2.05 bits per heavy atom. The molecule has 0 bridgehead atoms. The van der Waals surface area contributed by atoms with E-state index in [0.29, 0.717) is 11.3 Å². The minimum Gasteiger partial charge on any atom is -0.497 e. The number of nitrogens with zero attached hydrogens (tertiary/aromatic N) is 1. The highest BCUT2D eigenvalue weighted by molar-refractivity contribution is 7.99. The number of alkyl halides is 1. The Kier molecular flexibility index (Phi) is 4.75. The highest BCUT2D eigenvalue weighted by Crippen LogP contribution is 2.42. The molecule has 0 amide bonds. The average molecular weight is 310 g/mol. The van der Waals surface area contributed by atoms with E-state index in [4.69, 9.17) is 4.74 Å². The van der Waals surface area contributed by atoms with Gasteiger partial charge in [-0.1, -0.05) is 12.1 Å². The number of benzene rings is 1. The lowest BCUT2D eigenvalue weighted by Gasteiger charge is -2.35. The molecule has 0 radical (unpaired) electrons. The first kappa shape index (κ1) is 15.2. The Morgan fingerprint density at radius 3 is 2.76 bits per heavy atom. The quantitative estimate of drug-likeness (QED) is 0.742. The number of rotatable bonds is 6. The van der Waals surface area contributed by atoms with E-state index in [1.165, 1.54) is 37.9 Å². The Bertz CT molecular complexity index is 466. The number of thioether (sulfide) groups is 1. The fraction of sp³-hybridized carbons (Fsp3) is 0.647. The first-order valence-corrected chi connectivity index (χ1v) is 8.98. The Balaban J connectivity index is 1.58. The number of halogens is 1. The van der Waals surface area contributed by atoms with Crippen LogP contribution in [0.25, 0.3) is 0 Å². The van der Waals surface area contributed by atoms with Crippen LogP contribution < -0.4 is 4.74 Å². The van der Waals surface area contributed by atoms with E-state index < -0.39 is 0 Å². The predicted octanol–water partition coefficient (Wildman–Crippen LogP) is 3.65. The van der Waals surface area contributed by atoms with Crippen LogP contribution in [0, 0.1) is 0 Å². The van der Waals surface area contributed by atoms with E-state index in [1.807, 2.05) is 12.1 Å². The Hall–Kier alpha value is -0.740. The number of ether oxygens (including phenoxy) is 1. The lowest BCUT2D eigenvalue weighted by atomic mass is 10.1. The van der Waals surface area contributed by atoms with Crippen molar-refractivity contribution in [2.75, 3.05) is 33.4 Å². The van der Waals surface area contributed by atoms with Gasteiger partial charge in [-0.3, -0.25) is 0 Å². The van der Waals surface area contributed by atoms with E-state index in [1.54, 1.807) is 7.11 Å². The number of hydrogen-bond donors (Lipinski definition) is 0. The fourth-order valence-corrected chi connectivity index (χ4v) is 5.61. The summed E-state index contributed by atoms with van der Waals surface area (Å²) in [6.07, 6.45) is 3.83. The molecule has 1 aromatic rings. The standard InChI is InChI=1S/C17H25FNOS/c1-20-15-6-4-14(5-7-15)13-21-17-8-11-19(12-9-18)10-2-3-16(17)19/h4-7,16-17H,2-3,8-13H2,1H3/q+1/t16-,17?,19?/m0/s1. The van der Waals surface area contributed by atoms with Gasteiger partial charge in [0, 0.05) is 25.0 Å². The van der Waals surface area contributed by atoms with Gasteiger partial charge in [0.2, 0.25) is 0 Å². The van der Waals surface area contributed by atoms with E-state index >= 15 is 0 Å². The van der Waals surface area contributed by atoms with Crippen LogP contribution in [0.2, 0.25) is 0 Å². The normalized spacial score (nSPS) is 31.3. The molecule has 1 aromatic carbocycles. The lowest BCUT2D eigenvalue weighted by molar-refractivity contribution is -0.926. The predicted molar refractivity (Wildman–Crippen MR) is 86.6 cm³/mol. The van der Waals surface area contributed by atoms with Crippen LogP contribution >= 0.6 is 11.8 Å². The monoisotopic (exact) mass is 310 g/mol. The lowest BCUT2D eigenvalue weighted by Crippen LogP contribution is -2.50. The summed E-state index contributed by atoms with van der Waals surface area (Å²) in [5, 5.41) is 0.709. The third-order valence-electron chi connectivity index (χ3n) is 5.25. The van der Waals surface area contributed by atoms with E-state index in [-0.39, 0.29) is 6.67 Å². The molecule has 2 aliphatic heterocycles. The van der Waals surface area contributed by atoms with Crippen molar-refractivity contribution in [1.82, 2.24) is 0 Å². The molecule has 3 rings (SSSR count). The van der Waals surface area contributed by atoms with Gasteiger partial charge >= 0.3 is 0 Å². The largest absolute Gasteiger partial charge is 0.497 e. The molecule has 0 spiro atoms. The summed E-state index contributed by atoms with van der Waals surface area (Å²) in [7, 11) is 1.70. The minimum atomic E-state index is -0.160. The molecule has 4 heteroatoms. The summed E-state index contributed by atoms with van der Waals surface area (Å²) in [6.45, 7) is 2.97. The fourth-order valence-electron chi connectivity index (χ4n) is 4.13. The molecule has 21 heavy (non-hydrogen) atoms. The third kappa shape index (κ3) is 3.07. The van der Waals surface area contributed by atoms with Crippen LogP contribution in [-0.2, 0) is 5.75 Å². The van der Waals surface area contributed by atoms with Gasteiger partial charge in [-0.25, -0.2) is 4.39 Å². The van der Waals surface area contributed by atoms with Gasteiger partial charge in [0.1, 0.15) is 25.0 Å².